The van der Waals surface area contributed by atoms with E-state index in [9.17, 15) is 23.3 Å². The molecule has 374 valence electrons. The second-order valence-electron chi connectivity index (χ2n) is 19.3. The van der Waals surface area contributed by atoms with Crippen molar-refractivity contribution in [2.24, 2.45) is 7.05 Å². The Hall–Kier alpha value is -6.69. The maximum Gasteiger partial charge on any atom is 0.255 e. The van der Waals surface area contributed by atoms with Gasteiger partial charge in [-0.3, -0.25) is 29.3 Å². The van der Waals surface area contributed by atoms with Gasteiger partial charge in [-0.05, 0) is 89.3 Å². The van der Waals surface area contributed by atoms with Crippen LogP contribution in [0.5, 0.6) is 5.75 Å². The summed E-state index contributed by atoms with van der Waals surface area (Å²) in [6.07, 6.45) is 6.55. The molecule has 0 aliphatic carbocycles. The van der Waals surface area contributed by atoms with Crippen molar-refractivity contribution in [3.05, 3.63) is 113 Å². The molecule has 1 atom stereocenters. The van der Waals surface area contributed by atoms with Crippen LogP contribution in [0.15, 0.2) is 95.9 Å². The van der Waals surface area contributed by atoms with Gasteiger partial charge in [-0.1, -0.05) is 24.3 Å². The lowest BCUT2D eigenvalue weighted by molar-refractivity contribution is -0.136. The normalized spacial score (nSPS) is 18.3. The van der Waals surface area contributed by atoms with Crippen LogP contribution in [-0.4, -0.2) is 125 Å². The summed E-state index contributed by atoms with van der Waals surface area (Å²) in [7, 11) is 0.581. The average molecular weight is 1060 g/mol. The number of halogens is 3. The molecule has 3 saturated heterocycles. The Labute approximate surface area is 424 Å². The number of piperidine rings is 2. The summed E-state index contributed by atoms with van der Waals surface area (Å²) in [6, 6.07) is 20.9. The molecule has 72 heavy (non-hydrogen) atoms. The highest BCUT2D eigenvalue weighted by atomic mass is 79.9. The number of hydrogen-bond donors (Lipinski definition) is 3. The van der Waals surface area contributed by atoms with Gasteiger partial charge in [0.2, 0.25) is 17.8 Å². The minimum absolute atomic E-state index is 0.195. The number of piperazine rings is 1. The second kappa shape index (κ2) is 19.7. The third-order valence-electron chi connectivity index (χ3n) is 14.1. The van der Waals surface area contributed by atoms with Crippen molar-refractivity contribution >= 4 is 80.6 Å². The van der Waals surface area contributed by atoms with Gasteiger partial charge in [0.1, 0.15) is 36.2 Å². The van der Waals surface area contributed by atoms with Gasteiger partial charge in [0.15, 0.2) is 0 Å². The van der Waals surface area contributed by atoms with Crippen molar-refractivity contribution in [3.8, 4) is 28.0 Å². The van der Waals surface area contributed by atoms with Crippen molar-refractivity contribution in [2.75, 3.05) is 86.7 Å². The number of ether oxygens (including phenoxy) is 1. The van der Waals surface area contributed by atoms with Crippen LogP contribution in [-0.2, 0) is 27.7 Å². The van der Waals surface area contributed by atoms with E-state index in [1.54, 1.807) is 78.8 Å². The summed E-state index contributed by atoms with van der Waals surface area (Å²) in [5.74, 6) is -0.110. The molecule has 4 aliphatic rings. The lowest BCUT2D eigenvalue weighted by Crippen LogP contribution is -2.53. The molecule has 0 saturated carbocycles. The Morgan fingerprint density at radius 2 is 1.65 bits per heavy atom. The zero-order valence-corrected chi connectivity index (χ0v) is 42.9. The van der Waals surface area contributed by atoms with E-state index in [0.29, 0.717) is 121 Å². The van der Waals surface area contributed by atoms with E-state index in [-0.39, 0.29) is 30.0 Å². The van der Waals surface area contributed by atoms with E-state index in [1.807, 2.05) is 43.6 Å². The first-order valence-electron chi connectivity index (χ1n) is 23.9. The monoisotopic (exact) mass is 1060 g/mol. The van der Waals surface area contributed by atoms with Crippen molar-refractivity contribution in [1.29, 1.82) is 0 Å². The van der Waals surface area contributed by atoms with Crippen molar-refractivity contribution in [3.63, 3.8) is 0 Å². The average Bonchev–Trinajstić information content (AvgIpc) is 3.94. The number of benzene rings is 4. The van der Waals surface area contributed by atoms with E-state index >= 15 is 4.39 Å². The standard InChI is InChI=1S/C52H55BrF2N11O5P/c1-62-29-34(27-57-62)38-25-42(59-51-56-28-39(53)48(61-51)58-41-12-9-32(24-46(41)72(3,4)70)36-7-5-6-8-40(36)54)45(71-2)26-44(38)65-17-15-52(55,16-18-65)31-63-19-21-64(22-20-63)35-10-11-37-33(23-35)30-66(50(37)69)43-13-14-47(67)60-49(43)68/h5-12,23-29,43H,13-22,30-31H2,1-4H3,(H,60,67,68)(H2,56,58,59,61)/t43-/m0/s1. The van der Waals surface area contributed by atoms with Crippen LogP contribution in [0.4, 0.5) is 43.3 Å². The number of fused-ring (bicyclic) bond motifs is 1. The number of carbonyl (C=O) groups excluding carboxylic acids is 3. The molecular weight excluding hydrogens is 1010 g/mol. The van der Waals surface area contributed by atoms with Crippen molar-refractivity contribution < 1.29 is 32.5 Å². The number of aryl methyl sites for hydroxylation is 1. The van der Waals surface area contributed by atoms with Gasteiger partial charge >= 0.3 is 0 Å². The smallest absolute Gasteiger partial charge is 0.255 e. The molecule has 10 rings (SSSR count). The van der Waals surface area contributed by atoms with Gasteiger partial charge in [-0.15, -0.1) is 0 Å². The fraction of sp³-hybridized carbons (Fsp3) is 0.346. The molecule has 0 bridgehead atoms. The minimum atomic E-state index is -2.87. The fourth-order valence-electron chi connectivity index (χ4n) is 10.2. The molecule has 3 fully saturated rings. The molecule has 3 amide bonds. The number of rotatable bonds is 13. The molecule has 6 aromatic rings. The Morgan fingerprint density at radius 3 is 2.36 bits per heavy atom. The number of amides is 3. The highest BCUT2D eigenvalue weighted by Crippen LogP contribution is 2.44. The third kappa shape index (κ3) is 10.1. The zero-order chi connectivity index (χ0) is 50.5. The minimum Gasteiger partial charge on any atom is -0.494 e. The molecule has 2 aromatic heterocycles. The molecular formula is C52H55BrF2N11O5P. The Balaban J connectivity index is 0.808. The van der Waals surface area contributed by atoms with Gasteiger partial charge in [0.05, 0.1) is 29.2 Å². The topological polar surface area (TPSA) is 170 Å². The summed E-state index contributed by atoms with van der Waals surface area (Å²) in [6.45, 7) is 7.75. The molecule has 0 radical (unpaired) electrons. The molecule has 4 aliphatic heterocycles. The number of aromatic nitrogens is 4. The van der Waals surface area contributed by atoms with Crippen LogP contribution in [0.25, 0.3) is 22.3 Å². The van der Waals surface area contributed by atoms with Crippen LogP contribution < -0.4 is 35.8 Å². The van der Waals surface area contributed by atoms with Crippen molar-refractivity contribution in [1.82, 2.24) is 34.9 Å². The van der Waals surface area contributed by atoms with Crippen LogP contribution >= 0.6 is 23.1 Å². The largest absolute Gasteiger partial charge is 0.494 e. The zero-order valence-electron chi connectivity index (χ0n) is 40.4. The Bertz CT molecular complexity index is 3150. The van der Waals surface area contributed by atoms with Gasteiger partial charge in [0, 0.05) is 136 Å². The molecule has 16 nitrogen and oxygen atoms in total. The predicted molar refractivity (Wildman–Crippen MR) is 279 cm³/mol. The number of hydrogen-bond acceptors (Lipinski definition) is 13. The van der Waals surface area contributed by atoms with Crippen LogP contribution in [0.3, 0.4) is 0 Å². The van der Waals surface area contributed by atoms with E-state index in [2.05, 4.69) is 56.7 Å². The van der Waals surface area contributed by atoms with E-state index in [1.165, 1.54) is 6.07 Å². The van der Waals surface area contributed by atoms with Crippen LogP contribution in [0, 0.1) is 5.82 Å². The van der Waals surface area contributed by atoms with E-state index in [0.717, 1.165) is 28.1 Å². The van der Waals surface area contributed by atoms with E-state index in [4.69, 9.17) is 9.72 Å². The first-order chi connectivity index (χ1) is 34.5. The number of imide groups is 1. The maximum absolute atomic E-state index is 16.9. The molecule has 20 heteroatoms. The Morgan fingerprint density at radius 1 is 0.875 bits per heavy atom. The van der Waals surface area contributed by atoms with Crippen molar-refractivity contribution in [2.45, 2.75) is 43.9 Å². The third-order valence-corrected chi connectivity index (χ3v) is 16.2. The summed E-state index contributed by atoms with van der Waals surface area (Å²) in [5, 5.41) is 14.1. The predicted octanol–water partition coefficient (Wildman–Crippen LogP) is 8.08. The number of nitrogens with one attached hydrogen (secondary N) is 3. The highest BCUT2D eigenvalue weighted by molar-refractivity contribution is 9.10. The fourth-order valence-corrected chi connectivity index (χ4v) is 11.7. The number of methoxy groups -OCH3 is 1. The van der Waals surface area contributed by atoms with Crippen LogP contribution in [0.2, 0.25) is 0 Å². The first-order valence-corrected chi connectivity index (χ1v) is 27.3. The number of nitrogens with zero attached hydrogens (tertiary/aromatic N) is 8. The first kappa shape index (κ1) is 48.9. The van der Waals surface area contributed by atoms with Gasteiger partial charge < -0.3 is 34.6 Å². The molecule has 0 unspecified atom stereocenters. The number of carbonyl (C=O) groups is 3. The van der Waals surface area contributed by atoms with Gasteiger partial charge in [-0.2, -0.15) is 10.1 Å². The van der Waals surface area contributed by atoms with Gasteiger partial charge in [-0.25, -0.2) is 13.8 Å². The van der Waals surface area contributed by atoms with Gasteiger partial charge in [0.25, 0.3) is 5.91 Å². The summed E-state index contributed by atoms with van der Waals surface area (Å²) >= 11 is 3.58. The molecule has 3 N–H and O–H groups in total. The maximum atomic E-state index is 16.9. The van der Waals surface area contributed by atoms with E-state index < -0.39 is 24.8 Å². The SMILES string of the molecule is COc1cc(N2CCC(F)(CN3CCN(c4ccc5c(c4)CN([C@H]4CCC(=O)NC4=O)C5=O)CC3)CC2)c(-c2cnn(C)c2)cc1Nc1ncc(Br)c(Nc2ccc(-c3ccccc3F)cc2P(C)(C)=O)n1. The Kier molecular flexibility index (Phi) is 13.4. The molecule has 6 heterocycles. The quantitative estimate of drug-likeness (QED) is 0.0751. The summed E-state index contributed by atoms with van der Waals surface area (Å²) in [5.41, 5.74) is 5.83. The summed E-state index contributed by atoms with van der Waals surface area (Å²) < 4.78 is 53.6. The summed E-state index contributed by atoms with van der Waals surface area (Å²) in [4.78, 5) is 55.1. The second-order valence-corrected chi connectivity index (χ2v) is 23.4. The molecule has 4 aromatic carbocycles. The lowest BCUT2D eigenvalue weighted by Gasteiger charge is -2.43. The molecule has 0 spiro atoms. The lowest BCUT2D eigenvalue weighted by atomic mass is 9.91. The number of anilines is 6. The number of alkyl halides is 1. The van der Waals surface area contributed by atoms with Crippen LogP contribution in [0.1, 0.15) is 41.6 Å². The highest BCUT2D eigenvalue weighted by Gasteiger charge is 2.41.